The molecule has 0 fully saturated rings. The van der Waals surface area contributed by atoms with Crippen molar-refractivity contribution in [3.63, 3.8) is 0 Å². The van der Waals surface area contributed by atoms with Crippen LogP contribution in [0.4, 0.5) is 0 Å². The fourth-order valence-electron chi connectivity index (χ4n) is 2.38. The minimum absolute atomic E-state index is 0. The number of carbonyl (C=O) groups is 3. The largest absolute Gasteiger partial charge is 1.00 e. The van der Waals surface area contributed by atoms with E-state index in [0.717, 1.165) is 6.42 Å². The number of unbranched alkanes of at least 4 members (excludes halogenated alkanes) is 1. The second-order valence-electron chi connectivity index (χ2n) is 6.19. The molecule has 11 heteroatoms. The first kappa shape index (κ1) is 32.5. The maximum absolute atomic E-state index is 12.0. The average molecular weight is 418 g/mol. The number of rotatable bonds is 13. The zero-order chi connectivity index (χ0) is 20.4. The van der Waals surface area contributed by atoms with Crippen molar-refractivity contribution in [2.75, 3.05) is 19.6 Å². The number of aliphatic carboxylic acids is 3. The van der Waals surface area contributed by atoms with Gasteiger partial charge in [0.2, 0.25) is 0 Å². The van der Waals surface area contributed by atoms with Gasteiger partial charge in [0.25, 0.3) is 0 Å². The van der Waals surface area contributed by atoms with Crippen LogP contribution in [0.5, 0.6) is 0 Å². The SMILES string of the molecule is CCC/C=C(\[O-])CN(CCN(C(C)C(=O)O)C(C)C(=O)O)C(C)C(=O)[O-].[Na+].[Na+]. The summed E-state index contributed by atoms with van der Waals surface area (Å²) in [7, 11) is 0. The molecule has 0 saturated heterocycles. The number of carboxylic acids is 3. The molecule has 0 spiro atoms. The number of nitrogens with zero attached hydrogens (tertiary/aromatic N) is 2. The molecule has 0 aliphatic heterocycles. The summed E-state index contributed by atoms with van der Waals surface area (Å²) in [6, 6.07) is -3.23. The smallest absolute Gasteiger partial charge is 0.875 e. The molecule has 28 heavy (non-hydrogen) atoms. The van der Waals surface area contributed by atoms with Crippen LogP contribution in [0, 0.1) is 0 Å². The normalized spacial score (nSPS) is 14.6. The Morgan fingerprint density at radius 2 is 1.39 bits per heavy atom. The molecule has 0 radical (unpaired) electrons. The molecular weight excluding hydrogens is 390 g/mol. The van der Waals surface area contributed by atoms with Crippen molar-refractivity contribution in [1.29, 1.82) is 0 Å². The number of hydrogen-bond donors (Lipinski definition) is 2. The van der Waals surface area contributed by atoms with Crippen LogP contribution in [-0.4, -0.2) is 75.7 Å². The van der Waals surface area contributed by atoms with E-state index < -0.39 is 36.0 Å². The Hall–Kier alpha value is -0.130. The Bertz CT molecular complexity index is 512. The minimum Gasteiger partial charge on any atom is -0.875 e. The van der Waals surface area contributed by atoms with Crippen LogP contribution in [0.15, 0.2) is 11.8 Å². The maximum atomic E-state index is 12.0. The Morgan fingerprint density at radius 1 is 0.929 bits per heavy atom. The quantitative estimate of drug-likeness (QED) is 0.220. The number of carbonyl (C=O) groups excluding carboxylic acids is 1. The van der Waals surface area contributed by atoms with Crippen molar-refractivity contribution in [2.24, 2.45) is 0 Å². The number of allylic oxidation sites excluding steroid dienone is 1. The Labute approximate surface area is 210 Å². The summed E-state index contributed by atoms with van der Waals surface area (Å²) in [6.07, 6.45) is 2.83. The molecule has 0 aliphatic rings. The summed E-state index contributed by atoms with van der Waals surface area (Å²) in [6.45, 7) is 5.81. The van der Waals surface area contributed by atoms with Crippen molar-refractivity contribution in [1.82, 2.24) is 9.80 Å². The molecule has 0 rings (SSSR count). The zero-order valence-electron chi connectivity index (χ0n) is 17.7. The molecular formula is C17H28N2Na2O7. The molecule has 0 saturated carbocycles. The van der Waals surface area contributed by atoms with E-state index in [2.05, 4.69) is 0 Å². The molecule has 3 unspecified atom stereocenters. The Balaban J connectivity index is -0.00000312. The average Bonchev–Trinajstić information content (AvgIpc) is 2.57. The van der Waals surface area contributed by atoms with Crippen LogP contribution < -0.4 is 69.3 Å². The topological polar surface area (TPSA) is 144 Å². The monoisotopic (exact) mass is 418 g/mol. The molecule has 9 nitrogen and oxygen atoms in total. The van der Waals surface area contributed by atoms with E-state index in [9.17, 15) is 34.8 Å². The fraction of sp³-hybridized carbons (Fsp3) is 0.706. The van der Waals surface area contributed by atoms with Crippen molar-refractivity contribution in [3.05, 3.63) is 11.8 Å². The van der Waals surface area contributed by atoms with Gasteiger partial charge >= 0.3 is 71.1 Å². The molecule has 2 N–H and O–H groups in total. The molecule has 0 aromatic carbocycles. The number of carboxylic acid groups (broad SMARTS) is 3. The van der Waals surface area contributed by atoms with Gasteiger partial charge in [0.05, 0.1) is 5.97 Å². The van der Waals surface area contributed by atoms with Crippen molar-refractivity contribution in [2.45, 2.75) is 58.7 Å². The van der Waals surface area contributed by atoms with Gasteiger partial charge in [-0.3, -0.25) is 19.4 Å². The van der Waals surface area contributed by atoms with Gasteiger partial charge in [0.15, 0.2) is 0 Å². The third-order valence-corrected chi connectivity index (χ3v) is 4.26. The van der Waals surface area contributed by atoms with Gasteiger partial charge < -0.3 is 25.2 Å². The van der Waals surface area contributed by atoms with Crippen molar-refractivity contribution in [3.8, 4) is 0 Å². The van der Waals surface area contributed by atoms with Crippen LogP contribution in [0.25, 0.3) is 0 Å². The molecule has 0 aromatic rings. The zero-order valence-corrected chi connectivity index (χ0v) is 21.7. The second-order valence-corrected chi connectivity index (χ2v) is 6.19. The van der Waals surface area contributed by atoms with Crippen LogP contribution in [0.1, 0.15) is 40.5 Å². The summed E-state index contributed by atoms with van der Waals surface area (Å²) in [5.74, 6) is -3.99. The molecule has 3 atom stereocenters. The van der Waals surface area contributed by atoms with Crippen LogP contribution >= 0.6 is 0 Å². The third-order valence-electron chi connectivity index (χ3n) is 4.26. The van der Waals surface area contributed by atoms with Crippen LogP contribution in [0.2, 0.25) is 0 Å². The molecule has 150 valence electrons. The maximum Gasteiger partial charge on any atom is 1.00 e. The van der Waals surface area contributed by atoms with E-state index in [1.54, 1.807) is 0 Å². The molecule has 0 aliphatic carbocycles. The second kappa shape index (κ2) is 16.6. The third kappa shape index (κ3) is 11.8. The Morgan fingerprint density at radius 3 is 1.75 bits per heavy atom. The Kier molecular flexibility index (Phi) is 19.3. The van der Waals surface area contributed by atoms with Crippen molar-refractivity contribution >= 4 is 17.9 Å². The van der Waals surface area contributed by atoms with Crippen LogP contribution in [-0.2, 0) is 14.4 Å². The van der Waals surface area contributed by atoms with Gasteiger partial charge in [-0.25, -0.2) is 0 Å². The molecule has 0 bridgehead atoms. The number of hydrogen-bond acceptors (Lipinski definition) is 7. The first-order chi connectivity index (χ1) is 12.0. The van der Waals surface area contributed by atoms with Gasteiger partial charge in [-0.1, -0.05) is 19.4 Å². The summed E-state index contributed by atoms with van der Waals surface area (Å²) < 4.78 is 0. The molecule has 0 amide bonds. The van der Waals surface area contributed by atoms with Crippen LogP contribution in [0.3, 0.4) is 0 Å². The van der Waals surface area contributed by atoms with Gasteiger partial charge in [0, 0.05) is 25.7 Å². The fourth-order valence-corrected chi connectivity index (χ4v) is 2.38. The summed E-state index contributed by atoms with van der Waals surface area (Å²) in [5, 5.41) is 41.5. The summed E-state index contributed by atoms with van der Waals surface area (Å²) in [5.41, 5.74) is 0. The molecule has 0 aromatic heterocycles. The van der Waals surface area contributed by atoms with Gasteiger partial charge in [-0.05, 0) is 27.2 Å². The van der Waals surface area contributed by atoms with Crippen molar-refractivity contribution < 1.29 is 93.9 Å². The predicted molar refractivity (Wildman–Crippen MR) is 89.9 cm³/mol. The first-order valence-electron chi connectivity index (χ1n) is 8.55. The van der Waals surface area contributed by atoms with E-state index in [-0.39, 0.29) is 84.5 Å². The standard InChI is InChI=1S/C17H30N2O7.2Na/c1-5-6-7-14(20)10-18(11(2)15(21)22)8-9-19(12(3)16(23)24)13(4)17(25)26;;/h7,11-13,20H,5-6,8-10H2,1-4H3,(H,21,22)(H,23,24)(H,25,26);;/q;2*+1/p-2/b14-7-;;. The summed E-state index contributed by atoms with van der Waals surface area (Å²) >= 11 is 0. The first-order valence-corrected chi connectivity index (χ1v) is 8.55. The van der Waals surface area contributed by atoms with E-state index in [0.29, 0.717) is 6.42 Å². The van der Waals surface area contributed by atoms with E-state index in [1.165, 1.54) is 36.6 Å². The van der Waals surface area contributed by atoms with E-state index >= 15 is 0 Å². The van der Waals surface area contributed by atoms with E-state index in [4.69, 9.17) is 0 Å². The summed E-state index contributed by atoms with van der Waals surface area (Å²) in [4.78, 5) is 36.3. The van der Waals surface area contributed by atoms with Gasteiger partial charge in [-0.15, -0.1) is 5.76 Å². The van der Waals surface area contributed by atoms with Gasteiger partial charge in [0.1, 0.15) is 12.1 Å². The minimum atomic E-state index is -1.36. The van der Waals surface area contributed by atoms with Gasteiger partial charge in [-0.2, -0.15) is 0 Å². The molecule has 0 heterocycles. The van der Waals surface area contributed by atoms with E-state index in [1.807, 2.05) is 6.92 Å². The predicted octanol–water partition coefficient (Wildman–Crippen LogP) is -7.27.